The summed E-state index contributed by atoms with van der Waals surface area (Å²) in [6.07, 6.45) is 0. The molecule has 78 valence electrons. The third-order valence-electron chi connectivity index (χ3n) is 1.64. The quantitative estimate of drug-likeness (QED) is 0.792. The summed E-state index contributed by atoms with van der Waals surface area (Å²) in [6, 6.07) is 7.15. The summed E-state index contributed by atoms with van der Waals surface area (Å²) in [6.45, 7) is 4.05. The molecule has 1 aromatic rings. The average Bonchev–Trinajstić information content (AvgIpc) is 2.08. The van der Waals surface area contributed by atoms with Crippen molar-refractivity contribution in [3.05, 3.63) is 29.8 Å². The summed E-state index contributed by atoms with van der Waals surface area (Å²) in [5.74, 6) is 0. The minimum Gasteiger partial charge on any atom is -0.271 e. The van der Waals surface area contributed by atoms with E-state index in [2.05, 4.69) is 9.44 Å². The molecule has 0 unspecified atom stereocenters. The molecule has 0 aliphatic carbocycles. The van der Waals surface area contributed by atoms with Gasteiger partial charge in [-0.2, -0.15) is 13.1 Å². The van der Waals surface area contributed by atoms with Crippen LogP contribution in [0.15, 0.2) is 24.3 Å². The van der Waals surface area contributed by atoms with Crippen LogP contribution < -0.4 is 9.44 Å². The normalized spacial score (nSPS) is 11.3. The molecular formula is C9H14N2O2S. The molecule has 0 heterocycles. The molecule has 0 amide bonds. The van der Waals surface area contributed by atoms with Crippen LogP contribution >= 0.6 is 0 Å². The maximum Gasteiger partial charge on any atom is 0.299 e. The third kappa shape index (κ3) is 3.35. The van der Waals surface area contributed by atoms with Crippen LogP contribution in [0.3, 0.4) is 0 Å². The van der Waals surface area contributed by atoms with Crippen molar-refractivity contribution < 1.29 is 8.42 Å². The summed E-state index contributed by atoms with van der Waals surface area (Å²) >= 11 is 0. The van der Waals surface area contributed by atoms with Crippen molar-refractivity contribution in [3.8, 4) is 0 Å². The Balaban J connectivity index is 2.74. The molecule has 0 saturated carbocycles. The van der Waals surface area contributed by atoms with Crippen molar-refractivity contribution in [2.45, 2.75) is 13.8 Å². The van der Waals surface area contributed by atoms with E-state index in [4.69, 9.17) is 0 Å². The third-order valence-corrected chi connectivity index (χ3v) is 2.81. The topological polar surface area (TPSA) is 58.2 Å². The van der Waals surface area contributed by atoms with Crippen LogP contribution in [0.2, 0.25) is 0 Å². The lowest BCUT2D eigenvalue weighted by atomic mass is 10.2. The molecule has 0 spiro atoms. The van der Waals surface area contributed by atoms with E-state index in [0.717, 1.165) is 5.56 Å². The Kier molecular flexibility index (Phi) is 3.49. The SMILES string of the molecule is CCNS(=O)(=O)Nc1ccc(C)cc1. The second kappa shape index (κ2) is 4.43. The molecule has 4 nitrogen and oxygen atoms in total. The number of hydrogen-bond donors (Lipinski definition) is 2. The van der Waals surface area contributed by atoms with Gasteiger partial charge < -0.3 is 0 Å². The minimum absolute atomic E-state index is 0.376. The molecule has 2 N–H and O–H groups in total. The Morgan fingerprint density at radius 1 is 1.21 bits per heavy atom. The molecule has 0 saturated heterocycles. The number of anilines is 1. The average molecular weight is 214 g/mol. The molecule has 0 bridgehead atoms. The highest BCUT2D eigenvalue weighted by Crippen LogP contribution is 2.09. The predicted octanol–water partition coefficient (Wildman–Crippen LogP) is 1.26. The Morgan fingerprint density at radius 3 is 2.29 bits per heavy atom. The standard InChI is InChI=1S/C9H14N2O2S/c1-3-10-14(12,13)11-9-6-4-8(2)5-7-9/h4-7,10-11H,3H2,1-2H3. The highest BCUT2D eigenvalue weighted by Gasteiger charge is 2.06. The van der Waals surface area contributed by atoms with Crippen molar-refractivity contribution in [3.63, 3.8) is 0 Å². The molecule has 0 aliphatic rings. The van der Waals surface area contributed by atoms with Crippen LogP contribution in [0.1, 0.15) is 12.5 Å². The van der Waals surface area contributed by atoms with E-state index in [1.165, 1.54) is 0 Å². The van der Waals surface area contributed by atoms with Gasteiger partial charge in [-0.3, -0.25) is 4.72 Å². The summed E-state index contributed by atoms with van der Waals surface area (Å²) in [4.78, 5) is 0. The minimum atomic E-state index is -3.40. The number of nitrogens with one attached hydrogen (secondary N) is 2. The Bertz CT molecular complexity index is 384. The van der Waals surface area contributed by atoms with Gasteiger partial charge >= 0.3 is 0 Å². The first-order valence-corrected chi connectivity index (χ1v) is 5.86. The molecule has 1 aromatic carbocycles. The zero-order chi connectivity index (χ0) is 10.6. The van der Waals surface area contributed by atoms with Gasteiger partial charge in [0.1, 0.15) is 0 Å². The molecule has 14 heavy (non-hydrogen) atoms. The number of aryl methyl sites for hydroxylation is 1. The fraction of sp³-hybridized carbons (Fsp3) is 0.333. The van der Waals surface area contributed by atoms with Gasteiger partial charge in [-0.1, -0.05) is 24.6 Å². The summed E-state index contributed by atoms with van der Waals surface area (Å²) in [5, 5.41) is 0. The van der Waals surface area contributed by atoms with Crippen LogP contribution in [-0.4, -0.2) is 15.0 Å². The lowest BCUT2D eigenvalue weighted by Gasteiger charge is -2.07. The van der Waals surface area contributed by atoms with Gasteiger partial charge in [0.2, 0.25) is 0 Å². The van der Waals surface area contributed by atoms with E-state index in [-0.39, 0.29) is 0 Å². The van der Waals surface area contributed by atoms with Crippen LogP contribution in [0.5, 0.6) is 0 Å². The summed E-state index contributed by atoms with van der Waals surface area (Å²) < 4.78 is 27.3. The first kappa shape index (κ1) is 11.0. The zero-order valence-corrected chi connectivity index (χ0v) is 9.06. The molecule has 0 fully saturated rings. The van der Waals surface area contributed by atoms with Crippen LogP contribution in [0, 0.1) is 6.92 Å². The maximum atomic E-state index is 11.3. The van der Waals surface area contributed by atoms with E-state index >= 15 is 0 Å². The number of hydrogen-bond acceptors (Lipinski definition) is 2. The Labute approximate surface area is 84.5 Å². The molecule has 5 heteroatoms. The predicted molar refractivity (Wildman–Crippen MR) is 57.4 cm³/mol. The van der Waals surface area contributed by atoms with E-state index in [1.54, 1.807) is 19.1 Å². The monoisotopic (exact) mass is 214 g/mol. The Morgan fingerprint density at radius 2 is 1.79 bits per heavy atom. The van der Waals surface area contributed by atoms with Crippen LogP contribution in [0.4, 0.5) is 5.69 Å². The highest BCUT2D eigenvalue weighted by atomic mass is 32.2. The van der Waals surface area contributed by atoms with E-state index in [1.807, 2.05) is 19.1 Å². The van der Waals surface area contributed by atoms with Crippen molar-refractivity contribution in [1.82, 2.24) is 4.72 Å². The first-order chi connectivity index (χ1) is 6.53. The zero-order valence-electron chi connectivity index (χ0n) is 8.24. The van der Waals surface area contributed by atoms with E-state index < -0.39 is 10.2 Å². The molecular weight excluding hydrogens is 200 g/mol. The lowest BCUT2D eigenvalue weighted by molar-refractivity contribution is 0.589. The largest absolute Gasteiger partial charge is 0.299 e. The van der Waals surface area contributed by atoms with Gasteiger partial charge in [0.05, 0.1) is 0 Å². The smallest absolute Gasteiger partial charge is 0.271 e. The van der Waals surface area contributed by atoms with Gasteiger partial charge in [-0.25, -0.2) is 0 Å². The van der Waals surface area contributed by atoms with Crippen LogP contribution in [-0.2, 0) is 10.2 Å². The van der Waals surface area contributed by atoms with Gasteiger partial charge in [-0.05, 0) is 19.1 Å². The Hall–Kier alpha value is -1.07. The van der Waals surface area contributed by atoms with Gasteiger partial charge in [0, 0.05) is 12.2 Å². The van der Waals surface area contributed by atoms with Crippen molar-refractivity contribution >= 4 is 15.9 Å². The molecule has 0 radical (unpaired) electrons. The molecule has 0 atom stereocenters. The maximum absolute atomic E-state index is 11.3. The van der Waals surface area contributed by atoms with Gasteiger partial charge in [0.25, 0.3) is 10.2 Å². The van der Waals surface area contributed by atoms with Gasteiger partial charge in [0.15, 0.2) is 0 Å². The van der Waals surface area contributed by atoms with E-state index in [9.17, 15) is 8.42 Å². The second-order valence-electron chi connectivity index (χ2n) is 2.97. The lowest BCUT2D eigenvalue weighted by Crippen LogP contribution is -2.29. The molecule has 0 aromatic heterocycles. The molecule has 1 rings (SSSR count). The summed E-state index contributed by atoms with van der Waals surface area (Å²) in [7, 11) is -3.40. The van der Waals surface area contributed by atoms with Crippen molar-refractivity contribution in [1.29, 1.82) is 0 Å². The summed E-state index contributed by atoms with van der Waals surface area (Å²) in [5.41, 5.74) is 1.66. The van der Waals surface area contributed by atoms with Crippen molar-refractivity contribution in [2.24, 2.45) is 0 Å². The van der Waals surface area contributed by atoms with Gasteiger partial charge in [-0.15, -0.1) is 0 Å². The van der Waals surface area contributed by atoms with E-state index in [0.29, 0.717) is 12.2 Å². The number of benzene rings is 1. The fourth-order valence-electron chi connectivity index (χ4n) is 1.00. The highest BCUT2D eigenvalue weighted by molar-refractivity contribution is 7.90. The van der Waals surface area contributed by atoms with Crippen LogP contribution in [0.25, 0.3) is 0 Å². The van der Waals surface area contributed by atoms with Crippen molar-refractivity contribution in [2.75, 3.05) is 11.3 Å². The second-order valence-corrected chi connectivity index (χ2v) is 4.47. The molecule has 0 aliphatic heterocycles. The first-order valence-electron chi connectivity index (χ1n) is 4.37. The number of rotatable bonds is 4. The fourth-order valence-corrected chi connectivity index (χ4v) is 1.90.